The fraction of sp³-hybridized carbons (Fsp3) is 0.667. The maximum Gasteiger partial charge on any atom is 0.309 e. The van der Waals surface area contributed by atoms with E-state index in [9.17, 15) is 18.0 Å². The lowest BCUT2D eigenvalue weighted by atomic mass is 9.98. The first kappa shape index (κ1) is 25.6. The quantitative estimate of drug-likeness (QED) is 0.602. The average Bonchev–Trinajstić information content (AvgIpc) is 2.71. The fourth-order valence-corrected chi connectivity index (χ4v) is 6.85. The number of benzene rings is 1. The van der Waals surface area contributed by atoms with Crippen LogP contribution < -0.4 is 0 Å². The average molecular weight is 481 g/mol. The van der Waals surface area contributed by atoms with E-state index in [0.29, 0.717) is 30.8 Å². The van der Waals surface area contributed by atoms with E-state index < -0.39 is 28.0 Å². The van der Waals surface area contributed by atoms with Gasteiger partial charge in [0, 0.05) is 26.2 Å². The Labute approximate surface area is 197 Å². The number of hydrogen-bond donors (Lipinski definition) is 0. The molecule has 8 nitrogen and oxygen atoms in total. The van der Waals surface area contributed by atoms with Crippen LogP contribution in [-0.4, -0.2) is 74.0 Å². The summed E-state index contributed by atoms with van der Waals surface area (Å²) in [5.74, 6) is -1.09. The molecule has 3 rings (SSSR count). The zero-order valence-electron chi connectivity index (χ0n) is 20.5. The maximum absolute atomic E-state index is 13.3. The summed E-state index contributed by atoms with van der Waals surface area (Å²) in [6.07, 6.45) is -0.265. The van der Waals surface area contributed by atoms with Crippen LogP contribution in [-0.2, 0) is 29.1 Å². The van der Waals surface area contributed by atoms with Crippen molar-refractivity contribution in [2.24, 2.45) is 5.92 Å². The topological polar surface area (TPSA) is 93.2 Å². The molecular formula is C24H36N2O6S. The number of morpholine rings is 1. The Morgan fingerprint density at radius 1 is 1.03 bits per heavy atom. The molecule has 1 aromatic rings. The molecule has 184 valence electrons. The number of aryl methyl sites for hydroxylation is 3. The molecule has 1 amide bonds. The molecule has 2 aliphatic heterocycles. The van der Waals surface area contributed by atoms with Gasteiger partial charge >= 0.3 is 5.97 Å². The van der Waals surface area contributed by atoms with Crippen LogP contribution in [0.25, 0.3) is 0 Å². The number of hydrogen-bond acceptors (Lipinski definition) is 6. The highest BCUT2D eigenvalue weighted by atomic mass is 32.2. The summed E-state index contributed by atoms with van der Waals surface area (Å²) < 4.78 is 39.1. The number of carbonyl (C=O) groups excluding carboxylic acids is 2. The molecule has 1 aromatic carbocycles. The maximum atomic E-state index is 13.3. The molecule has 0 spiro atoms. The van der Waals surface area contributed by atoms with Crippen molar-refractivity contribution in [2.45, 2.75) is 77.6 Å². The molecule has 2 saturated heterocycles. The van der Waals surface area contributed by atoms with Gasteiger partial charge in [-0.3, -0.25) is 9.59 Å². The van der Waals surface area contributed by atoms with Crippen LogP contribution in [0.4, 0.5) is 0 Å². The number of esters is 1. The molecule has 33 heavy (non-hydrogen) atoms. The summed E-state index contributed by atoms with van der Waals surface area (Å²) >= 11 is 0. The second-order valence-electron chi connectivity index (χ2n) is 9.49. The van der Waals surface area contributed by atoms with Crippen LogP contribution >= 0.6 is 0 Å². The number of piperidine rings is 1. The summed E-state index contributed by atoms with van der Waals surface area (Å²) in [7, 11) is -3.64. The Kier molecular flexibility index (Phi) is 7.86. The SMILES string of the molecule is Cc1cc(C)c(S(=O)(=O)N2CCC(C(=O)O[C@@H](C)C(=O)N3C[C@@H](C)O[C@@H](C)C3)CC2)c(C)c1. The first-order valence-corrected chi connectivity index (χ1v) is 13.1. The lowest BCUT2D eigenvalue weighted by molar-refractivity contribution is -0.167. The first-order chi connectivity index (χ1) is 15.4. The molecule has 2 fully saturated rings. The van der Waals surface area contributed by atoms with E-state index in [1.807, 2.05) is 46.8 Å². The lowest BCUT2D eigenvalue weighted by Crippen LogP contribution is -2.51. The van der Waals surface area contributed by atoms with Gasteiger partial charge in [0.1, 0.15) is 0 Å². The standard InChI is InChI=1S/C24H36N2O6S/c1-15-11-16(2)22(17(3)12-15)33(29,30)26-9-7-21(8-10-26)24(28)32-20(6)23(27)25-13-18(4)31-19(5)14-25/h11-12,18-21H,7-10,13-14H2,1-6H3/t18-,19+,20-/m0/s1. The highest BCUT2D eigenvalue weighted by Gasteiger charge is 2.36. The van der Waals surface area contributed by atoms with Crippen molar-refractivity contribution in [1.29, 1.82) is 0 Å². The van der Waals surface area contributed by atoms with Gasteiger partial charge in [-0.1, -0.05) is 17.7 Å². The van der Waals surface area contributed by atoms with Crippen molar-refractivity contribution < 1.29 is 27.5 Å². The smallest absolute Gasteiger partial charge is 0.309 e. The van der Waals surface area contributed by atoms with Crippen molar-refractivity contribution in [3.8, 4) is 0 Å². The largest absolute Gasteiger partial charge is 0.452 e. The Balaban J connectivity index is 1.58. The van der Waals surface area contributed by atoms with Gasteiger partial charge in [-0.25, -0.2) is 8.42 Å². The molecule has 0 unspecified atom stereocenters. The second-order valence-corrected chi connectivity index (χ2v) is 11.4. The van der Waals surface area contributed by atoms with Gasteiger partial charge in [0.2, 0.25) is 10.0 Å². The van der Waals surface area contributed by atoms with Gasteiger partial charge in [-0.15, -0.1) is 0 Å². The third kappa shape index (κ3) is 5.75. The molecule has 2 aliphatic rings. The van der Waals surface area contributed by atoms with E-state index in [0.717, 1.165) is 16.7 Å². The fourth-order valence-electron chi connectivity index (χ4n) is 4.97. The van der Waals surface area contributed by atoms with Crippen molar-refractivity contribution in [1.82, 2.24) is 9.21 Å². The van der Waals surface area contributed by atoms with E-state index in [1.54, 1.807) is 11.8 Å². The zero-order chi connectivity index (χ0) is 24.5. The van der Waals surface area contributed by atoms with E-state index in [2.05, 4.69) is 0 Å². The van der Waals surface area contributed by atoms with Crippen LogP contribution in [0.2, 0.25) is 0 Å². The van der Waals surface area contributed by atoms with E-state index in [1.165, 1.54) is 4.31 Å². The molecular weight excluding hydrogens is 444 g/mol. The summed E-state index contributed by atoms with van der Waals surface area (Å²) in [5, 5.41) is 0. The third-order valence-electron chi connectivity index (χ3n) is 6.36. The van der Waals surface area contributed by atoms with Crippen LogP contribution in [0.1, 0.15) is 50.3 Å². The Morgan fingerprint density at radius 2 is 1.55 bits per heavy atom. The van der Waals surface area contributed by atoms with Gasteiger partial charge in [0.05, 0.1) is 23.0 Å². The van der Waals surface area contributed by atoms with E-state index in [-0.39, 0.29) is 31.2 Å². The first-order valence-electron chi connectivity index (χ1n) is 11.6. The van der Waals surface area contributed by atoms with Gasteiger partial charge in [0.15, 0.2) is 6.10 Å². The molecule has 0 bridgehead atoms. The minimum Gasteiger partial charge on any atom is -0.452 e. The van der Waals surface area contributed by atoms with Crippen LogP contribution in [0.15, 0.2) is 17.0 Å². The number of ether oxygens (including phenoxy) is 2. The van der Waals surface area contributed by atoms with Crippen LogP contribution in [0, 0.1) is 26.7 Å². The van der Waals surface area contributed by atoms with Gasteiger partial charge in [0.25, 0.3) is 5.91 Å². The van der Waals surface area contributed by atoms with Gasteiger partial charge in [-0.2, -0.15) is 4.31 Å². The Hall–Kier alpha value is -1.97. The molecule has 0 N–H and O–H groups in total. The molecule has 9 heteroatoms. The molecule has 2 heterocycles. The highest BCUT2D eigenvalue weighted by molar-refractivity contribution is 7.89. The number of nitrogens with zero attached hydrogens (tertiary/aromatic N) is 2. The Bertz CT molecular complexity index is 967. The second kappa shape index (κ2) is 10.1. The predicted octanol–water partition coefficient (Wildman–Crippen LogP) is 2.58. The van der Waals surface area contributed by atoms with E-state index >= 15 is 0 Å². The highest BCUT2D eigenvalue weighted by Crippen LogP contribution is 2.29. The minimum atomic E-state index is -3.64. The van der Waals surface area contributed by atoms with Gasteiger partial charge in [-0.05, 0) is 65.5 Å². The number of rotatable bonds is 5. The number of sulfonamides is 1. The normalized spacial score (nSPS) is 23.9. The lowest BCUT2D eigenvalue weighted by Gasteiger charge is -2.36. The third-order valence-corrected chi connectivity index (χ3v) is 8.57. The zero-order valence-corrected chi connectivity index (χ0v) is 21.3. The molecule has 0 saturated carbocycles. The van der Waals surface area contributed by atoms with Crippen molar-refractivity contribution in [2.75, 3.05) is 26.2 Å². The van der Waals surface area contributed by atoms with Crippen LogP contribution in [0.5, 0.6) is 0 Å². The summed E-state index contributed by atoms with van der Waals surface area (Å²) in [4.78, 5) is 27.5. The summed E-state index contributed by atoms with van der Waals surface area (Å²) in [6.45, 7) is 12.4. The molecule has 0 radical (unpaired) electrons. The summed E-state index contributed by atoms with van der Waals surface area (Å²) in [6, 6.07) is 3.75. The minimum absolute atomic E-state index is 0.0623. The predicted molar refractivity (Wildman–Crippen MR) is 124 cm³/mol. The Morgan fingerprint density at radius 3 is 2.06 bits per heavy atom. The van der Waals surface area contributed by atoms with Crippen molar-refractivity contribution >= 4 is 21.9 Å². The van der Waals surface area contributed by atoms with Crippen LogP contribution in [0.3, 0.4) is 0 Å². The van der Waals surface area contributed by atoms with Crippen molar-refractivity contribution in [3.63, 3.8) is 0 Å². The van der Waals surface area contributed by atoms with Gasteiger partial charge < -0.3 is 14.4 Å². The molecule has 0 aliphatic carbocycles. The monoisotopic (exact) mass is 480 g/mol. The molecule has 3 atom stereocenters. The number of carbonyl (C=O) groups is 2. The number of amides is 1. The summed E-state index contributed by atoms with van der Waals surface area (Å²) in [5.41, 5.74) is 2.48. The van der Waals surface area contributed by atoms with Crippen molar-refractivity contribution in [3.05, 3.63) is 28.8 Å². The molecule has 0 aromatic heterocycles. The van der Waals surface area contributed by atoms with E-state index in [4.69, 9.17) is 9.47 Å².